The molecule has 2 unspecified atom stereocenters. The molecule has 1 N–H and O–H groups in total. The van der Waals surface area contributed by atoms with Gasteiger partial charge in [-0.05, 0) is 77.1 Å². The molecule has 0 aromatic heterocycles. The SMILES string of the molecule is C=CCCCCOC(=O)[C@@H]1[C@@H]2CCC3(S2)C(C(=O)N(CC=C)c2ccc(N(CC)CC)cc2)N([C@H](C)CO)C(=O)[C@H]13. The zero-order valence-electron chi connectivity index (χ0n) is 24.7. The monoisotopic (exact) mass is 583 g/mol. The number of esters is 1. The lowest BCUT2D eigenvalue weighted by Gasteiger charge is -2.39. The molecule has 0 aliphatic carbocycles. The Morgan fingerprint density at radius 1 is 1.17 bits per heavy atom. The lowest BCUT2D eigenvalue weighted by atomic mass is 9.71. The number of fused-ring (bicyclic) bond motifs is 1. The van der Waals surface area contributed by atoms with Crippen LogP contribution in [0.15, 0.2) is 49.6 Å². The van der Waals surface area contributed by atoms with E-state index in [1.165, 1.54) is 0 Å². The van der Waals surface area contributed by atoms with Crippen molar-refractivity contribution in [3.8, 4) is 0 Å². The molecule has 9 heteroatoms. The summed E-state index contributed by atoms with van der Waals surface area (Å²) in [5, 5.41) is 10.1. The molecule has 6 atom stereocenters. The highest BCUT2D eigenvalue weighted by molar-refractivity contribution is 8.02. The summed E-state index contributed by atoms with van der Waals surface area (Å²) < 4.78 is 4.94. The van der Waals surface area contributed by atoms with Crippen LogP contribution in [0.2, 0.25) is 0 Å². The molecule has 3 aliphatic heterocycles. The number of unbranched alkanes of at least 4 members (excludes halogenated alkanes) is 2. The minimum atomic E-state index is -0.801. The summed E-state index contributed by atoms with van der Waals surface area (Å²) in [5.41, 5.74) is 1.80. The van der Waals surface area contributed by atoms with Crippen molar-refractivity contribution in [2.45, 2.75) is 75.0 Å². The van der Waals surface area contributed by atoms with Gasteiger partial charge in [0.05, 0.1) is 35.8 Å². The molecule has 41 heavy (non-hydrogen) atoms. The number of aliphatic hydroxyl groups excluding tert-OH is 1. The third kappa shape index (κ3) is 5.67. The van der Waals surface area contributed by atoms with Crippen LogP contribution < -0.4 is 9.80 Å². The van der Waals surface area contributed by atoms with E-state index in [-0.39, 0.29) is 36.2 Å². The number of anilines is 2. The molecule has 3 aliphatic rings. The molecule has 1 aromatic carbocycles. The van der Waals surface area contributed by atoms with E-state index in [1.807, 2.05) is 30.3 Å². The first-order chi connectivity index (χ1) is 19.8. The Kier molecular flexibility index (Phi) is 10.2. The Bertz CT molecular complexity index is 1120. The van der Waals surface area contributed by atoms with Crippen molar-refractivity contribution >= 4 is 40.9 Å². The number of amides is 2. The van der Waals surface area contributed by atoms with Crippen LogP contribution in [0, 0.1) is 11.8 Å². The van der Waals surface area contributed by atoms with Gasteiger partial charge in [-0.2, -0.15) is 0 Å². The van der Waals surface area contributed by atoms with Crippen molar-refractivity contribution in [3.63, 3.8) is 0 Å². The predicted molar refractivity (Wildman–Crippen MR) is 165 cm³/mol. The van der Waals surface area contributed by atoms with Gasteiger partial charge in [-0.1, -0.05) is 12.2 Å². The van der Waals surface area contributed by atoms with Gasteiger partial charge in [-0.15, -0.1) is 24.9 Å². The fourth-order valence-corrected chi connectivity index (χ4v) is 9.08. The third-order valence-electron chi connectivity index (χ3n) is 8.90. The molecule has 2 amide bonds. The molecule has 3 fully saturated rings. The molecule has 0 radical (unpaired) electrons. The van der Waals surface area contributed by atoms with Crippen molar-refractivity contribution in [1.29, 1.82) is 0 Å². The van der Waals surface area contributed by atoms with E-state index >= 15 is 0 Å². The van der Waals surface area contributed by atoms with Crippen molar-refractivity contribution in [2.75, 3.05) is 42.6 Å². The van der Waals surface area contributed by atoms with E-state index in [0.717, 1.165) is 50.1 Å². The first-order valence-corrected chi connectivity index (χ1v) is 15.8. The zero-order valence-corrected chi connectivity index (χ0v) is 25.5. The number of carbonyl (C=O) groups is 3. The number of likely N-dealkylation sites (tertiary alicyclic amines) is 1. The Hall–Kier alpha value is -2.78. The minimum absolute atomic E-state index is 0.0623. The maximum atomic E-state index is 14.6. The standard InChI is InChI=1S/C32H45N3O5S/c1-6-10-11-12-20-40-31(39)26-25-17-18-32(41-25)27(26)29(37)35(22(5)21-36)28(32)30(38)34(19-7-2)24-15-13-23(14-16-24)33(8-3)9-4/h6-7,13-16,22,25-28,36H,1-2,8-12,17-21H2,3-5H3/t22-,25+,26-,27+,28?,32?/m1/s1. The Morgan fingerprint density at radius 3 is 2.46 bits per heavy atom. The number of hydrogen-bond donors (Lipinski definition) is 1. The maximum absolute atomic E-state index is 14.6. The first kappa shape index (κ1) is 31.2. The number of carbonyl (C=O) groups excluding carboxylic acids is 3. The van der Waals surface area contributed by atoms with Crippen LogP contribution in [0.25, 0.3) is 0 Å². The van der Waals surface area contributed by atoms with Gasteiger partial charge in [0.2, 0.25) is 5.91 Å². The Balaban J connectivity index is 1.65. The number of nitrogens with zero attached hydrogens (tertiary/aromatic N) is 3. The summed E-state index contributed by atoms with van der Waals surface area (Å²) >= 11 is 1.61. The average molecular weight is 584 g/mol. The number of thioether (sulfide) groups is 1. The molecular weight excluding hydrogens is 538 g/mol. The lowest BCUT2D eigenvalue weighted by Crippen LogP contribution is -2.57. The van der Waals surface area contributed by atoms with Gasteiger partial charge in [-0.25, -0.2) is 0 Å². The smallest absolute Gasteiger partial charge is 0.310 e. The van der Waals surface area contributed by atoms with Gasteiger partial charge < -0.3 is 24.5 Å². The lowest BCUT2D eigenvalue weighted by molar-refractivity contribution is -0.154. The normalized spacial score (nSPS) is 26.9. The number of aliphatic hydroxyl groups is 1. The molecule has 8 nitrogen and oxygen atoms in total. The highest BCUT2D eigenvalue weighted by Gasteiger charge is 2.74. The number of allylic oxidation sites excluding steroid dienone is 1. The summed E-state index contributed by atoms with van der Waals surface area (Å²) in [7, 11) is 0. The van der Waals surface area contributed by atoms with E-state index in [1.54, 1.807) is 34.6 Å². The van der Waals surface area contributed by atoms with E-state index in [2.05, 4.69) is 31.9 Å². The molecule has 2 bridgehead atoms. The van der Waals surface area contributed by atoms with Gasteiger partial charge in [-0.3, -0.25) is 14.4 Å². The van der Waals surface area contributed by atoms with Gasteiger partial charge in [0, 0.05) is 36.3 Å². The van der Waals surface area contributed by atoms with Gasteiger partial charge in [0.25, 0.3) is 5.91 Å². The zero-order chi connectivity index (χ0) is 29.7. The van der Waals surface area contributed by atoms with Gasteiger partial charge in [0.15, 0.2) is 0 Å². The van der Waals surface area contributed by atoms with E-state index in [4.69, 9.17) is 4.74 Å². The third-order valence-corrected chi connectivity index (χ3v) is 10.8. The molecule has 1 spiro atoms. The van der Waals surface area contributed by atoms with Crippen molar-refractivity contribution in [1.82, 2.24) is 4.90 Å². The Morgan fingerprint density at radius 2 is 1.85 bits per heavy atom. The van der Waals surface area contributed by atoms with E-state index < -0.39 is 28.7 Å². The molecule has 224 valence electrons. The van der Waals surface area contributed by atoms with Gasteiger partial charge in [0.1, 0.15) is 6.04 Å². The predicted octanol–water partition coefficient (Wildman–Crippen LogP) is 4.42. The summed E-state index contributed by atoms with van der Waals surface area (Å²) in [6.07, 6.45) is 7.43. The number of hydrogen-bond acceptors (Lipinski definition) is 7. The van der Waals surface area contributed by atoms with Crippen LogP contribution >= 0.6 is 11.8 Å². The van der Waals surface area contributed by atoms with Crippen LogP contribution in [0.4, 0.5) is 11.4 Å². The average Bonchev–Trinajstić information content (AvgIpc) is 3.63. The Labute approximate surface area is 248 Å². The van der Waals surface area contributed by atoms with Crippen molar-refractivity contribution in [2.24, 2.45) is 11.8 Å². The maximum Gasteiger partial charge on any atom is 0.310 e. The summed E-state index contributed by atoms with van der Waals surface area (Å²) in [6, 6.07) is 6.53. The molecule has 4 rings (SSSR count). The largest absolute Gasteiger partial charge is 0.465 e. The van der Waals surface area contributed by atoms with Crippen molar-refractivity contribution < 1.29 is 24.2 Å². The second kappa shape index (κ2) is 13.5. The second-order valence-electron chi connectivity index (χ2n) is 11.2. The van der Waals surface area contributed by atoms with Crippen LogP contribution in [0.3, 0.4) is 0 Å². The molecule has 1 aromatic rings. The van der Waals surface area contributed by atoms with Gasteiger partial charge >= 0.3 is 5.97 Å². The number of benzene rings is 1. The fourth-order valence-electron chi connectivity index (χ4n) is 6.89. The quantitative estimate of drug-likeness (QED) is 0.186. The highest BCUT2D eigenvalue weighted by atomic mass is 32.2. The van der Waals surface area contributed by atoms with E-state index in [9.17, 15) is 19.5 Å². The summed E-state index contributed by atoms with van der Waals surface area (Å²) in [4.78, 5) is 47.5. The topological polar surface area (TPSA) is 90.4 Å². The molecular formula is C32H45N3O5S. The summed E-state index contributed by atoms with van der Waals surface area (Å²) in [5.74, 6) is -2.02. The first-order valence-electron chi connectivity index (χ1n) is 14.9. The van der Waals surface area contributed by atoms with Crippen LogP contribution in [-0.4, -0.2) is 82.7 Å². The van der Waals surface area contributed by atoms with Crippen LogP contribution in [0.1, 0.15) is 52.9 Å². The van der Waals surface area contributed by atoms with Crippen LogP contribution in [-0.2, 0) is 19.1 Å². The minimum Gasteiger partial charge on any atom is -0.465 e. The van der Waals surface area contributed by atoms with Crippen molar-refractivity contribution in [3.05, 3.63) is 49.6 Å². The summed E-state index contributed by atoms with van der Waals surface area (Å²) in [6.45, 7) is 15.7. The fraction of sp³-hybridized carbons (Fsp3) is 0.594. The number of rotatable bonds is 15. The molecule has 3 saturated heterocycles. The number of ether oxygens (including phenoxy) is 1. The molecule has 0 saturated carbocycles. The van der Waals surface area contributed by atoms with Crippen LogP contribution in [0.5, 0.6) is 0 Å². The molecule has 3 heterocycles. The second-order valence-corrected chi connectivity index (χ2v) is 12.8. The highest BCUT2D eigenvalue weighted by Crippen LogP contribution is 2.67. The van der Waals surface area contributed by atoms with E-state index in [0.29, 0.717) is 13.0 Å².